The Hall–Kier alpha value is -1.89. The van der Waals surface area contributed by atoms with Crippen LogP contribution in [-0.4, -0.2) is 50.5 Å². The molecule has 1 aliphatic rings. The van der Waals surface area contributed by atoms with E-state index in [0.717, 1.165) is 24.4 Å². The number of nitrogens with two attached hydrogens (primary N) is 1. The van der Waals surface area contributed by atoms with Crippen molar-refractivity contribution < 1.29 is 0 Å². The van der Waals surface area contributed by atoms with E-state index < -0.39 is 0 Å². The summed E-state index contributed by atoms with van der Waals surface area (Å²) in [7, 11) is 2.20. The topological polar surface area (TPSA) is 95.8 Å². The molecule has 2 aromatic heterocycles. The Morgan fingerprint density at radius 2 is 2.14 bits per heavy atom. The summed E-state index contributed by atoms with van der Waals surface area (Å²) in [6.07, 6.45) is 6.64. The van der Waals surface area contributed by atoms with E-state index in [9.17, 15) is 0 Å². The van der Waals surface area contributed by atoms with E-state index in [0.29, 0.717) is 5.65 Å². The summed E-state index contributed by atoms with van der Waals surface area (Å²) in [4.78, 5) is 18.1. The lowest BCUT2D eigenvalue weighted by molar-refractivity contribution is 0.144. The van der Waals surface area contributed by atoms with Crippen LogP contribution in [0.3, 0.4) is 0 Å². The van der Waals surface area contributed by atoms with E-state index >= 15 is 0 Å². The molecule has 114 valence electrons. The van der Waals surface area contributed by atoms with Crippen molar-refractivity contribution in [2.75, 3.05) is 31.2 Å². The third-order valence-corrected chi connectivity index (χ3v) is 4.71. The van der Waals surface area contributed by atoms with Crippen molar-refractivity contribution in [3.8, 4) is 0 Å². The number of nitrogens with zero attached hydrogens (tertiary/aromatic N) is 4. The Balaban J connectivity index is 1.83. The van der Waals surface area contributed by atoms with E-state index in [1.54, 1.807) is 6.33 Å². The first kappa shape index (κ1) is 14.1. The summed E-state index contributed by atoms with van der Waals surface area (Å²) in [5, 5.41) is 3.47. The summed E-state index contributed by atoms with van der Waals surface area (Å²) in [6, 6.07) is 0. The molecule has 0 bridgehead atoms. The Bertz CT molecular complexity index is 615. The molecule has 2 heterocycles. The average Bonchev–Trinajstić information content (AvgIpc) is 3.13. The van der Waals surface area contributed by atoms with Crippen LogP contribution in [0.2, 0.25) is 0 Å². The van der Waals surface area contributed by atoms with E-state index in [1.165, 1.54) is 25.7 Å². The Morgan fingerprint density at radius 3 is 2.86 bits per heavy atom. The molecule has 0 amide bonds. The maximum absolute atomic E-state index is 5.76. The molecule has 1 aliphatic carbocycles. The number of fused-ring (bicyclic) bond motifs is 1. The number of likely N-dealkylation sites (N-methyl/N-ethyl adjacent to an activating group) is 1. The van der Waals surface area contributed by atoms with E-state index in [4.69, 9.17) is 5.73 Å². The number of aromatic amines is 1. The van der Waals surface area contributed by atoms with Crippen LogP contribution in [0.4, 0.5) is 11.8 Å². The van der Waals surface area contributed by atoms with Crippen molar-refractivity contribution in [2.45, 2.75) is 38.1 Å². The van der Waals surface area contributed by atoms with Gasteiger partial charge < -0.3 is 16.0 Å². The summed E-state index contributed by atoms with van der Waals surface area (Å²) in [5.74, 6) is 0.993. The van der Waals surface area contributed by atoms with Crippen LogP contribution in [0.15, 0.2) is 6.33 Å². The van der Waals surface area contributed by atoms with Crippen LogP contribution in [0.5, 0.6) is 0 Å². The second-order valence-electron chi connectivity index (χ2n) is 5.83. The Morgan fingerprint density at radius 1 is 1.38 bits per heavy atom. The lowest BCUT2D eigenvalue weighted by Crippen LogP contribution is -2.49. The molecule has 0 saturated heterocycles. The van der Waals surface area contributed by atoms with E-state index in [1.807, 2.05) is 0 Å². The molecule has 0 radical (unpaired) electrons. The zero-order valence-corrected chi connectivity index (χ0v) is 12.7. The van der Waals surface area contributed by atoms with Crippen LogP contribution < -0.4 is 11.1 Å². The van der Waals surface area contributed by atoms with Gasteiger partial charge in [0, 0.05) is 12.1 Å². The smallest absolute Gasteiger partial charge is 0.224 e. The third kappa shape index (κ3) is 2.53. The molecule has 0 unspecified atom stereocenters. The van der Waals surface area contributed by atoms with Gasteiger partial charge in [-0.15, -0.1) is 0 Å². The lowest BCUT2D eigenvalue weighted by atomic mass is 9.95. The van der Waals surface area contributed by atoms with Gasteiger partial charge in [0.25, 0.3) is 0 Å². The molecule has 4 N–H and O–H groups in total. The number of H-pyrrole nitrogens is 1. The molecule has 3 rings (SSSR count). The molecular formula is C14H23N7. The molecule has 21 heavy (non-hydrogen) atoms. The largest absolute Gasteiger partial charge is 0.368 e. The first-order valence-corrected chi connectivity index (χ1v) is 7.56. The molecular weight excluding hydrogens is 266 g/mol. The van der Waals surface area contributed by atoms with Gasteiger partial charge in [-0.3, -0.25) is 4.90 Å². The number of anilines is 2. The highest BCUT2D eigenvalue weighted by Crippen LogP contribution is 2.34. The van der Waals surface area contributed by atoms with E-state index in [2.05, 4.69) is 44.1 Å². The van der Waals surface area contributed by atoms with Gasteiger partial charge in [0.1, 0.15) is 5.52 Å². The summed E-state index contributed by atoms with van der Waals surface area (Å²) in [5.41, 5.74) is 7.39. The summed E-state index contributed by atoms with van der Waals surface area (Å²) < 4.78 is 0. The zero-order chi connectivity index (χ0) is 14.9. The van der Waals surface area contributed by atoms with Gasteiger partial charge in [0.2, 0.25) is 5.95 Å². The Labute approximate surface area is 124 Å². The van der Waals surface area contributed by atoms with Crippen LogP contribution in [0.25, 0.3) is 11.2 Å². The van der Waals surface area contributed by atoms with Crippen LogP contribution in [-0.2, 0) is 0 Å². The van der Waals surface area contributed by atoms with Gasteiger partial charge in [-0.1, -0.05) is 19.8 Å². The average molecular weight is 289 g/mol. The van der Waals surface area contributed by atoms with Crippen molar-refractivity contribution in [3.05, 3.63) is 6.33 Å². The van der Waals surface area contributed by atoms with Gasteiger partial charge in [-0.05, 0) is 26.4 Å². The van der Waals surface area contributed by atoms with Gasteiger partial charge in [-0.2, -0.15) is 9.97 Å². The van der Waals surface area contributed by atoms with Crippen LogP contribution >= 0.6 is 0 Å². The standard InChI is InChI=1S/C14H23N7/c1-3-21(2)14(6-4-5-7-14)8-16-11-10-12(18-9-17-10)20-13(15)19-11/h9H,3-8H2,1-2H3,(H4,15,16,17,18,19,20). The normalized spacial score (nSPS) is 17.7. The maximum atomic E-state index is 5.76. The predicted octanol–water partition coefficient (Wildman–Crippen LogP) is 1.61. The Kier molecular flexibility index (Phi) is 3.67. The van der Waals surface area contributed by atoms with Crippen molar-refractivity contribution in [3.63, 3.8) is 0 Å². The van der Waals surface area contributed by atoms with Gasteiger partial charge in [0.15, 0.2) is 11.5 Å². The highest BCUT2D eigenvalue weighted by molar-refractivity contribution is 5.83. The second-order valence-corrected chi connectivity index (χ2v) is 5.83. The molecule has 1 fully saturated rings. The van der Waals surface area contributed by atoms with Crippen molar-refractivity contribution in [2.24, 2.45) is 0 Å². The lowest BCUT2D eigenvalue weighted by Gasteiger charge is -2.38. The third-order valence-electron chi connectivity index (χ3n) is 4.71. The molecule has 7 heteroatoms. The molecule has 2 aromatic rings. The first-order valence-electron chi connectivity index (χ1n) is 7.56. The molecule has 0 aromatic carbocycles. The predicted molar refractivity (Wildman–Crippen MR) is 84.1 cm³/mol. The summed E-state index contributed by atoms with van der Waals surface area (Å²) >= 11 is 0. The van der Waals surface area contributed by atoms with Gasteiger partial charge >= 0.3 is 0 Å². The van der Waals surface area contributed by atoms with E-state index in [-0.39, 0.29) is 11.5 Å². The number of hydrogen-bond acceptors (Lipinski definition) is 6. The number of rotatable bonds is 5. The minimum Gasteiger partial charge on any atom is -0.368 e. The van der Waals surface area contributed by atoms with Gasteiger partial charge in [0.05, 0.1) is 6.33 Å². The van der Waals surface area contributed by atoms with Crippen LogP contribution in [0.1, 0.15) is 32.6 Å². The highest BCUT2D eigenvalue weighted by Gasteiger charge is 2.37. The molecule has 7 nitrogen and oxygen atoms in total. The van der Waals surface area contributed by atoms with Crippen LogP contribution in [0, 0.1) is 0 Å². The number of hydrogen-bond donors (Lipinski definition) is 3. The van der Waals surface area contributed by atoms with Gasteiger partial charge in [-0.25, -0.2) is 4.98 Å². The minimum atomic E-state index is 0.209. The number of nitrogens with one attached hydrogen (secondary N) is 2. The highest BCUT2D eigenvalue weighted by atomic mass is 15.2. The molecule has 0 spiro atoms. The SMILES string of the molecule is CCN(C)C1(CNc2nc(N)nc3nc[nH]c23)CCCC1. The maximum Gasteiger partial charge on any atom is 0.224 e. The fourth-order valence-electron chi connectivity index (χ4n) is 3.29. The molecule has 0 atom stereocenters. The zero-order valence-electron chi connectivity index (χ0n) is 12.7. The minimum absolute atomic E-state index is 0.209. The van der Waals surface area contributed by atoms with Crippen molar-refractivity contribution in [1.29, 1.82) is 0 Å². The fourth-order valence-corrected chi connectivity index (χ4v) is 3.29. The molecule has 0 aliphatic heterocycles. The van der Waals surface area contributed by atoms with Crippen molar-refractivity contribution >= 4 is 22.9 Å². The number of aromatic nitrogens is 4. The first-order chi connectivity index (χ1) is 10.1. The number of nitrogen functional groups attached to an aromatic ring is 1. The quantitative estimate of drug-likeness (QED) is 0.774. The summed E-state index contributed by atoms with van der Waals surface area (Å²) in [6.45, 7) is 4.12. The monoisotopic (exact) mass is 289 g/mol. The fraction of sp³-hybridized carbons (Fsp3) is 0.643. The van der Waals surface area contributed by atoms with Crippen molar-refractivity contribution in [1.82, 2.24) is 24.8 Å². The number of imidazole rings is 1. The molecule has 1 saturated carbocycles. The second kappa shape index (κ2) is 5.48.